The highest BCUT2D eigenvalue weighted by Gasteiger charge is 2.06. The van der Waals surface area contributed by atoms with Crippen molar-refractivity contribution in [1.82, 2.24) is 0 Å². The number of unbranched alkanes of at least 4 members (excludes halogenated alkanes) is 3. The Morgan fingerprint density at radius 3 is 2.53 bits per heavy atom. The van der Waals surface area contributed by atoms with Gasteiger partial charge in [0.25, 0.3) is 0 Å². The fourth-order valence-corrected chi connectivity index (χ4v) is 2.20. The molecule has 1 aromatic carbocycles. The highest BCUT2D eigenvalue weighted by Crippen LogP contribution is 2.22. The summed E-state index contributed by atoms with van der Waals surface area (Å²) in [6, 6.07) is 8.20. The minimum Gasteiger partial charge on any atom is -0.388 e. The smallest absolute Gasteiger partial charge is 0.0790 e. The summed E-state index contributed by atoms with van der Waals surface area (Å²) >= 11 is 1.73. The molecule has 0 aromatic heterocycles. The molecule has 0 amide bonds. The van der Waals surface area contributed by atoms with Crippen molar-refractivity contribution < 1.29 is 5.11 Å². The van der Waals surface area contributed by atoms with E-state index in [-0.39, 0.29) is 6.10 Å². The first-order valence-electron chi connectivity index (χ1n) is 6.21. The van der Waals surface area contributed by atoms with Gasteiger partial charge in [0, 0.05) is 4.90 Å². The zero-order valence-electron chi connectivity index (χ0n) is 10.6. The van der Waals surface area contributed by atoms with E-state index in [1.807, 2.05) is 18.2 Å². The molecule has 0 saturated carbocycles. The zero-order valence-corrected chi connectivity index (χ0v) is 11.4. The summed E-state index contributed by atoms with van der Waals surface area (Å²) in [7, 11) is 0. The van der Waals surface area contributed by atoms with Gasteiger partial charge in [0.1, 0.15) is 0 Å². The lowest BCUT2D eigenvalue weighted by Gasteiger charge is -2.11. The van der Waals surface area contributed by atoms with Crippen LogP contribution in [0.15, 0.2) is 41.8 Å². The van der Waals surface area contributed by atoms with Crippen molar-refractivity contribution in [3.63, 3.8) is 0 Å². The minimum atomic E-state index is -0.311. The van der Waals surface area contributed by atoms with Gasteiger partial charge in [-0.3, -0.25) is 0 Å². The summed E-state index contributed by atoms with van der Waals surface area (Å²) < 4.78 is 0. The number of thioether (sulfide) groups is 1. The van der Waals surface area contributed by atoms with E-state index in [0.29, 0.717) is 0 Å². The molecule has 1 nitrogen and oxygen atoms in total. The van der Waals surface area contributed by atoms with Gasteiger partial charge in [-0.1, -0.05) is 31.1 Å². The van der Waals surface area contributed by atoms with Gasteiger partial charge in [0.2, 0.25) is 0 Å². The van der Waals surface area contributed by atoms with Crippen LogP contribution in [0.1, 0.15) is 43.8 Å². The summed E-state index contributed by atoms with van der Waals surface area (Å²) in [5.41, 5.74) is 1.03. The molecule has 0 radical (unpaired) electrons. The maximum Gasteiger partial charge on any atom is 0.0790 e. The molecular formula is C15H22OS. The molecule has 0 heterocycles. The fourth-order valence-electron chi connectivity index (χ4n) is 1.80. The Bertz CT molecular complexity index is 318. The average molecular weight is 250 g/mol. The van der Waals surface area contributed by atoms with Crippen molar-refractivity contribution >= 4 is 11.8 Å². The molecule has 0 aliphatic carbocycles. The van der Waals surface area contributed by atoms with Crippen LogP contribution in [-0.2, 0) is 0 Å². The highest BCUT2D eigenvalue weighted by atomic mass is 32.2. The zero-order chi connectivity index (χ0) is 12.5. The van der Waals surface area contributed by atoms with Crippen LogP contribution in [0.2, 0.25) is 0 Å². The molecule has 94 valence electrons. The molecule has 0 spiro atoms. The summed E-state index contributed by atoms with van der Waals surface area (Å²) in [5.74, 6) is 0. The second kappa shape index (κ2) is 8.37. The third kappa shape index (κ3) is 5.42. The Morgan fingerprint density at radius 2 is 1.94 bits per heavy atom. The van der Waals surface area contributed by atoms with Crippen LogP contribution in [0, 0.1) is 0 Å². The summed E-state index contributed by atoms with van der Waals surface area (Å²) in [4.78, 5) is 1.24. The third-order valence-electron chi connectivity index (χ3n) is 2.89. The van der Waals surface area contributed by atoms with Crippen LogP contribution >= 0.6 is 11.8 Å². The molecule has 17 heavy (non-hydrogen) atoms. The van der Waals surface area contributed by atoms with E-state index < -0.39 is 0 Å². The number of aliphatic hydroxyl groups excluding tert-OH is 1. The number of hydrogen-bond acceptors (Lipinski definition) is 2. The van der Waals surface area contributed by atoms with Gasteiger partial charge in [-0.05, 0) is 43.2 Å². The predicted molar refractivity (Wildman–Crippen MR) is 76.5 cm³/mol. The van der Waals surface area contributed by atoms with Gasteiger partial charge >= 0.3 is 0 Å². The molecule has 0 bridgehead atoms. The number of benzene rings is 1. The average Bonchev–Trinajstić information content (AvgIpc) is 2.38. The molecule has 0 aliphatic heterocycles. The largest absolute Gasteiger partial charge is 0.388 e. The molecule has 1 atom stereocenters. The topological polar surface area (TPSA) is 20.2 Å². The monoisotopic (exact) mass is 250 g/mol. The lowest BCUT2D eigenvalue weighted by Crippen LogP contribution is -1.97. The number of rotatable bonds is 8. The van der Waals surface area contributed by atoms with Crippen molar-refractivity contribution in [3.05, 3.63) is 42.5 Å². The van der Waals surface area contributed by atoms with Crippen LogP contribution in [0.5, 0.6) is 0 Å². The van der Waals surface area contributed by atoms with Gasteiger partial charge in [-0.25, -0.2) is 0 Å². The summed E-state index contributed by atoms with van der Waals surface area (Å²) in [5, 5.41) is 10.0. The number of aliphatic hydroxyl groups is 1. The molecule has 2 heteroatoms. The maximum atomic E-state index is 10.0. The quantitative estimate of drug-likeness (QED) is 0.414. The molecule has 1 N–H and O–H groups in total. The van der Waals surface area contributed by atoms with E-state index in [4.69, 9.17) is 0 Å². The first kappa shape index (κ1) is 14.3. The standard InChI is InChI=1S/C15H22OS/c1-3-4-5-6-7-8-15(16)13-9-11-14(17-2)12-10-13/h3,9-12,15-16H,1,4-8H2,2H3. The van der Waals surface area contributed by atoms with Crippen LogP contribution in [-0.4, -0.2) is 11.4 Å². The molecular weight excluding hydrogens is 228 g/mol. The molecule has 0 aliphatic rings. The van der Waals surface area contributed by atoms with Gasteiger partial charge in [-0.2, -0.15) is 0 Å². The van der Waals surface area contributed by atoms with Gasteiger partial charge in [0.05, 0.1) is 6.10 Å². The summed E-state index contributed by atoms with van der Waals surface area (Å²) in [6.45, 7) is 3.71. The highest BCUT2D eigenvalue weighted by molar-refractivity contribution is 7.98. The Balaban J connectivity index is 2.30. The molecule has 0 fully saturated rings. The van der Waals surface area contributed by atoms with Crippen LogP contribution in [0.4, 0.5) is 0 Å². The van der Waals surface area contributed by atoms with Gasteiger partial charge < -0.3 is 5.11 Å². The van der Waals surface area contributed by atoms with Crippen molar-refractivity contribution in [2.24, 2.45) is 0 Å². The molecule has 1 rings (SSSR count). The van der Waals surface area contributed by atoms with Crippen LogP contribution in [0.3, 0.4) is 0 Å². The van der Waals surface area contributed by atoms with E-state index in [2.05, 4.69) is 25.0 Å². The van der Waals surface area contributed by atoms with Crippen molar-refractivity contribution in [2.45, 2.75) is 43.1 Å². The van der Waals surface area contributed by atoms with Crippen LogP contribution < -0.4 is 0 Å². The number of hydrogen-bond donors (Lipinski definition) is 1. The second-order valence-electron chi connectivity index (χ2n) is 4.22. The van der Waals surface area contributed by atoms with E-state index in [9.17, 15) is 5.11 Å². The molecule has 0 saturated heterocycles. The van der Waals surface area contributed by atoms with Gasteiger partial charge in [0.15, 0.2) is 0 Å². The molecule has 1 unspecified atom stereocenters. The first-order valence-corrected chi connectivity index (χ1v) is 7.43. The third-order valence-corrected chi connectivity index (χ3v) is 3.63. The number of allylic oxidation sites excluding steroid dienone is 1. The Hall–Kier alpha value is -0.730. The Morgan fingerprint density at radius 1 is 1.24 bits per heavy atom. The lowest BCUT2D eigenvalue weighted by molar-refractivity contribution is 0.163. The van der Waals surface area contributed by atoms with Crippen molar-refractivity contribution in [3.8, 4) is 0 Å². The van der Waals surface area contributed by atoms with E-state index in [1.54, 1.807) is 11.8 Å². The molecule has 1 aromatic rings. The minimum absolute atomic E-state index is 0.311. The summed E-state index contributed by atoms with van der Waals surface area (Å²) in [6.07, 6.45) is 9.08. The lowest BCUT2D eigenvalue weighted by atomic mass is 10.0. The van der Waals surface area contributed by atoms with Gasteiger partial charge in [-0.15, -0.1) is 18.3 Å². The Kier molecular flexibility index (Phi) is 7.06. The normalized spacial score (nSPS) is 12.4. The first-order chi connectivity index (χ1) is 8.27. The predicted octanol–water partition coefficient (Wildman–Crippen LogP) is 4.58. The van der Waals surface area contributed by atoms with E-state index in [0.717, 1.165) is 24.8 Å². The fraction of sp³-hybridized carbons (Fsp3) is 0.467. The Labute approximate surface area is 109 Å². The van der Waals surface area contributed by atoms with Crippen molar-refractivity contribution in [1.29, 1.82) is 0 Å². The van der Waals surface area contributed by atoms with E-state index >= 15 is 0 Å². The van der Waals surface area contributed by atoms with Crippen LogP contribution in [0.25, 0.3) is 0 Å². The maximum absolute atomic E-state index is 10.0. The van der Waals surface area contributed by atoms with E-state index in [1.165, 1.54) is 17.7 Å². The second-order valence-corrected chi connectivity index (χ2v) is 5.10. The van der Waals surface area contributed by atoms with Crippen molar-refractivity contribution in [2.75, 3.05) is 6.26 Å². The SMILES string of the molecule is C=CCCCCCC(O)c1ccc(SC)cc1.